The summed E-state index contributed by atoms with van der Waals surface area (Å²) < 4.78 is 2.08. The largest absolute Gasteiger partial charge is 0.302 e. The number of rotatable bonds is 8. The number of carbonyl (C=O) groups is 1. The van der Waals surface area contributed by atoms with Gasteiger partial charge < -0.3 is 4.90 Å². The Balaban J connectivity index is 1.64. The van der Waals surface area contributed by atoms with Crippen LogP contribution in [0.2, 0.25) is 0 Å². The van der Waals surface area contributed by atoms with E-state index in [4.69, 9.17) is 4.98 Å². The highest BCUT2D eigenvalue weighted by Gasteiger charge is 2.22. The molecule has 4 rings (SSSR count). The third-order valence-corrected chi connectivity index (χ3v) is 7.12. The number of likely N-dealkylation sites (N-methyl/N-ethyl adjacent to an activating group) is 1. The molecule has 32 heavy (non-hydrogen) atoms. The van der Waals surface area contributed by atoms with Gasteiger partial charge in [-0.1, -0.05) is 83.6 Å². The highest BCUT2D eigenvalue weighted by atomic mass is 79.9. The standard InChI is InChI=1S/C26H26BrN3OS/c1-3-29(4-2)16-17-30(26-28-23-15-14-22(27)18-24(23)32-26)25(31)21-12-10-20(11-13-21)19-8-6-5-7-9-19/h5-15,18H,3-4,16-17H2,1-2H3. The minimum absolute atomic E-state index is 0.0186. The van der Waals surface area contributed by atoms with Crippen molar-refractivity contribution in [3.63, 3.8) is 0 Å². The van der Waals surface area contributed by atoms with Gasteiger partial charge in [0.05, 0.1) is 10.2 Å². The molecule has 0 bridgehead atoms. The van der Waals surface area contributed by atoms with Crippen molar-refractivity contribution >= 4 is 48.5 Å². The van der Waals surface area contributed by atoms with Gasteiger partial charge in [-0.25, -0.2) is 4.98 Å². The molecule has 3 aromatic carbocycles. The fourth-order valence-electron chi connectivity index (χ4n) is 3.66. The Hall–Kier alpha value is -2.54. The Labute approximate surface area is 201 Å². The lowest BCUT2D eigenvalue weighted by Crippen LogP contribution is -2.38. The number of halogens is 1. The van der Waals surface area contributed by atoms with Gasteiger partial charge in [-0.05, 0) is 54.5 Å². The van der Waals surface area contributed by atoms with Crippen LogP contribution >= 0.6 is 27.3 Å². The van der Waals surface area contributed by atoms with E-state index in [0.717, 1.165) is 50.6 Å². The van der Waals surface area contributed by atoms with Gasteiger partial charge in [-0.2, -0.15) is 0 Å². The summed E-state index contributed by atoms with van der Waals surface area (Å²) >= 11 is 5.09. The molecule has 0 saturated heterocycles. The second-order valence-electron chi connectivity index (χ2n) is 7.54. The molecule has 0 unspecified atom stereocenters. The zero-order valence-corrected chi connectivity index (χ0v) is 20.7. The molecule has 0 radical (unpaired) electrons. The Morgan fingerprint density at radius 1 is 0.906 bits per heavy atom. The van der Waals surface area contributed by atoms with Crippen molar-refractivity contribution in [3.05, 3.63) is 82.8 Å². The van der Waals surface area contributed by atoms with Gasteiger partial charge >= 0.3 is 0 Å². The SMILES string of the molecule is CCN(CC)CCN(C(=O)c1ccc(-c2ccccc2)cc1)c1nc2ccc(Br)cc2s1. The molecule has 0 aliphatic heterocycles. The van der Waals surface area contributed by atoms with Crippen LogP contribution in [0, 0.1) is 0 Å². The van der Waals surface area contributed by atoms with Crippen molar-refractivity contribution in [2.24, 2.45) is 0 Å². The summed E-state index contributed by atoms with van der Waals surface area (Å²) in [6, 6.07) is 24.1. The molecule has 0 N–H and O–H groups in total. The van der Waals surface area contributed by atoms with Crippen molar-refractivity contribution < 1.29 is 4.79 Å². The topological polar surface area (TPSA) is 36.4 Å². The van der Waals surface area contributed by atoms with Gasteiger partial charge in [0.15, 0.2) is 5.13 Å². The maximum Gasteiger partial charge on any atom is 0.260 e. The zero-order chi connectivity index (χ0) is 22.5. The number of thiazole rings is 1. The van der Waals surface area contributed by atoms with Crippen molar-refractivity contribution in [2.75, 3.05) is 31.1 Å². The second-order valence-corrected chi connectivity index (χ2v) is 9.46. The van der Waals surface area contributed by atoms with Crippen LogP contribution in [0.5, 0.6) is 0 Å². The van der Waals surface area contributed by atoms with E-state index in [1.54, 1.807) is 11.3 Å². The number of amides is 1. The minimum atomic E-state index is -0.0186. The number of hydrogen-bond acceptors (Lipinski definition) is 4. The maximum absolute atomic E-state index is 13.6. The van der Waals surface area contributed by atoms with E-state index in [1.165, 1.54) is 0 Å². The van der Waals surface area contributed by atoms with Gasteiger partial charge in [0.25, 0.3) is 5.91 Å². The molecule has 0 aliphatic carbocycles. The summed E-state index contributed by atoms with van der Waals surface area (Å²) in [6.45, 7) is 7.61. The Kier molecular flexibility index (Phi) is 7.35. The number of benzene rings is 3. The summed E-state index contributed by atoms with van der Waals surface area (Å²) in [5.41, 5.74) is 3.82. The van der Waals surface area contributed by atoms with E-state index in [1.807, 2.05) is 59.5 Å². The lowest BCUT2D eigenvalue weighted by Gasteiger charge is -2.24. The number of fused-ring (bicyclic) bond motifs is 1. The predicted octanol–water partition coefficient (Wildman–Crippen LogP) is 6.71. The van der Waals surface area contributed by atoms with Crippen LogP contribution in [0.1, 0.15) is 24.2 Å². The zero-order valence-electron chi connectivity index (χ0n) is 18.3. The fraction of sp³-hybridized carbons (Fsp3) is 0.231. The molecular formula is C26H26BrN3OS. The predicted molar refractivity (Wildman–Crippen MR) is 139 cm³/mol. The van der Waals surface area contributed by atoms with E-state index in [0.29, 0.717) is 12.1 Å². The molecule has 1 amide bonds. The first-order valence-corrected chi connectivity index (χ1v) is 12.5. The van der Waals surface area contributed by atoms with E-state index < -0.39 is 0 Å². The fourth-order valence-corrected chi connectivity index (χ4v) is 5.20. The lowest BCUT2D eigenvalue weighted by atomic mass is 10.0. The number of carbonyl (C=O) groups excluding carboxylic acids is 1. The van der Waals surface area contributed by atoms with E-state index >= 15 is 0 Å². The van der Waals surface area contributed by atoms with Crippen molar-refractivity contribution in [1.29, 1.82) is 0 Å². The number of aromatic nitrogens is 1. The highest BCUT2D eigenvalue weighted by molar-refractivity contribution is 9.10. The van der Waals surface area contributed by atoms with Crippen molar-refractivity contribution in [1.82, 2.24) is 9.88 Å². The van der Waals surface area contributed by atoms with Crippen LogP contribution in [0.3, 0.4) is 0 Å². The monoisotopic (exact) mass is 507 g/mol. The van der Waals surface area contributed by atoms with Gasteiger partial charge in [-0.3, -0.25) is 9.69 Å². The molecule has 1 aromatic heterocycles. The van der Waals surface area contributed by atoms with Crippen LogP contribution in [-0.4, -0.2) is 42.0 Å². The Morgan fingerprint density at radius 3 is 2.28 bits per heavy atom. The Morgan fingerprint density at radius 2 is 1.59 bits per heavy atom. The summed E-state index contributed by atoms with van der Waals surface area (Å²) in [4.78, 5) is 22.5. The Bertz CT molecular complexity index is 1190. The van der Waals surface area contributed by atoms with Gasteiger partial charge in [0, 0.05) is 23.1 Å². The molecule has 0 atom stereocenters. The van der Waals surface area contributed by atoms with Gasteiger partial charge in [-0.15, -0.1) is 0 Å². The molecule has 1 heterocycles. The minimum Gasteiger partial charge on any atom is -0.302 e. The summed E-state index contributed by atoms with van der Waals surface area (Å²) in [7, 11) is 0. The normalized spacial score (nSPS) is 11.2. The van der Waals surface area contributed by atoms with E-state index in [9.17, 15) is 4.79 Å². The first-order chi connectivity index (χ1) is 15.6. The van der Waals surface area contributed by atoms with Crippen molar-refractivity contribution in [3.8, 4) is 11.1 Å². The molecule has 0 spiro atoms. The molecule has 6 heteroatoms. The number of anilines is 1. The van der Waals surface area contributed by atoms with Gasteiger partial charge in [0.1, 0.15) is 0 Å². The average Bonchev–Trinajstić information content (AvgIpc) is 3.25. The van der Waals surface area contributed by atoms with Crippen LogP contribution in [0.15, 0.2) is 77.3 Å². The molecule has 164 valence electrons. The lowest BCUT2D eigenvalue weighted by molar-refractivity contribution is 0.0984. The molecule has 4 nitrogen and oxygen atoms in total. The highest BCUT2D eigenvalue weighted by Crippen LogP contribution is 2.32. The molecule has 4 aromatic rings. The van der Waals surface area contributed by atoms with E-state index in [2.05, 4.69) is 52.9 Å². The second kappa shape index (κ2) is 10.4. The molecular weight excluding hydrogens is 482 g/mol. The third-order valence-electron chi connectivity index (χ3n) is 5.59. The summed E-state index contributed by atoms with van der Waals surface area (Å²) in [6.07, 6.45) is 0. The van der Waals surface area contributed by atoms with Crippen molar-refractivity contribution in [2.45, 2.75) is 13.8 Å². The smallest absolute Gasteiger partial charge is 0.260 e. The number of hydrogen-bond donors (Lipinski definition) is 0. The summed E-state index contributed by atoms with van der Waals surface area (Å²) in [5, 5.41) is 0.738. The van der Waals surface area contributed by atoms with Crippen LogP contribution in [0.4, 0.5) is 5.13 Å². The first-order valence-electron chi connectivity index (χ1n) is 10.8. The quantitative estimate of drug-likeness (QED) is 0.265. The van der Waals surface area contributed by atoms with Crippen LogP contribution in [-0.2, 0) is 0 Å². The molecule has 0 saturated carbocycles. The molecule has 0 aliphatic rings. The average molecular weight is 508 g/mol. The molecule has 0 fully saturated rings. The number of nitrogens with zero attached hydrogens (tertiary/aromatic N) is 3. The van der Waals surface area contributed by atoms with Crippen LogP contribution in [0.25, 0.3) is 21.3 Å². The van der Waals surface area contributed by atoms with E-state index in [-0.39, 0.29) is 5.91 Å². The summed E-state index contributed by atoms with van der Waals surface area (Å²) in [5.74, 6) is -0.0186. The van der Waals surface area contributed by atoms with Gasteiger partial charge in [0.2, 0.25) is 0 Å². The third kappa shape index (κ3) is 5.09. The maximum atomic E-state index is 13.6. The first kappa shape index (κ1) is 22.6. The van der Waals surface area contributed by atoms with Crippen LogP contribution < -0.4 is 4.90 Å².